The fraction of sp³-hybridized carbons (Fsp3) is 0.350. The van der Waals surface area contributed by atoms with Crippen LogP contribution in [0.3, 0.4) is 0 Å². The molecule has 1 atom stereocenters. The predicted octanol–water partition coefficient (Wildman–Crippen LogP) is 2.88. The molecule has 1 amide bonds. The van der Waals surface area contributed by atoms with Gasteiger partial charge in [0.05, 0.1) is 20.3 Å². The minimum Gasteiger partial charge on any atom is -0.496 e. The SMILES string of the molecule is COc1ccccc1[C@@H](C)NC(=O)c1ccc(OC)c(S(=O)(=O)NC(C)C)c1. The van der Waals surface area contributed by atoms with Crippen LogP contribution in [0.15, 0.2) is 47.4 Å². The van der Waals surface area contributed by atoms with Crippen LogP contribution >= 0.6 is 0 Å². The van der Waals surface area contributed by atoms with E-state index in [2.05, 4.69) is 10.0 Å². The van der Waals surface area contributed by atoms with E-state index in [1.165, 1.54) is 25.3 Å². The first-order valence-electron chi connectivity index (χ1n) is 8.83. The second-order valence-electron chi connectivity index (χ2n) is 6.58. The lowest BCUT2D eigenvalue weighted by atomic mass is 10.1. The Labute approximate surface area is 166 Å². The van der Waals surface area contributed by atoms with E-state index in [4.69, 9.17) is 9.47 Å². The lowest BCUT2D eigenvalue weighted by Gasteiger charge is -2.18. The van der Waals surface area contributed by atoms with E-state index in [1.807, 2.05) is 31.2 Å². The van der Waals surface area contributed by atoms with E-state index in [0.29, 0.717) is 5.75 Å². The van der Waals surface area contributed by atoms with Crippen LogP contribution in [0.2, 0.25) is 0 Å². The van der Waals surface area contributed by atoms with Crippen molar-refractivity contribution in [2.24, 2.45) is 0 Å². The van der Waals surface area contributed by atoms with Crippen molar-refractivity contribution < 1.29 is 22.7 Å². The Morgan fingerprint density at radius 2 is 1.61 bits per heavy atom. The van der Waals surface area contributed by atoms with Crippen LogP contribution < -0.4 is 19.5 Å². The van der Waals surface area contributed by atoms with E-state index >= 15 is 0 Å². The molecule has 0 heterocycles. The van der Waals surface area contributed by atoms with Gasteiger partial charge in [-0.2, -0.15) is 0 Å². The second kappa shape index (κ2) is 9.07. The molecule has 7 nitrogen and oxygen atoms in total. The van der Waals surface area contributed by atoms with E-state index in [9.17, 15) is 13.2 Å². The topological polar surface area (TPSA) is 93.7 Å². The molecule has 2 aromatic carbocycles. The summed E-state index contributed by atoms with van der Waals surface area (Å²) in [7, 11) is -0.877. The standard InChI is InChI=1S/C20H26N2O5S/c1-13(2)22-28(24,25)19-12-15(10-11-18(19)27-5)20(23)21-14(3)16-8-6-7-9-17(16)26-4/h6-14,22H,1-5H3,(H,21,23)/t14-/m1/s1. The molecule has 0 saturated heterocycles. The first-order chi connectivity index (χ1) is 13.2. The minimum atomic E-state index is -3.82. The van der Waals surface area contributed by atoms with Crippen molar-refractivity contribution in [2.75, 3.05) is 14.2 Å². The molecule has 0 aromatic heterocycles. The van der Waals surface area contributed by atoms with Crippen molar-refractivity contribution in [1.29, 1.82) is 0 Å². The predicted molar refractivity (Wildman–Crippen MR) is 107 cm³/mol. The van der Waals surface area contributed by atoms with Gasteiger partial charge in [-0.15, -0.1) is 0 Å². The first kappa shape index (κ1) is 21.7. The molecular weight excluding hydrogens is 380 g/mol. The van der Waals surface area contributed by atoms with Gasteiger partial charge in [0.15, 0.2) is 0 Å². The van der Waals surface area contributed by atoms with Gasteiger partial charge in [-0.3, -0.25) is 4.79 Å². The van der Waals surface area contributed by atoms with Crippen molar-refractivity contribution in [3.05, 3.63) is 53.6 Å². The normalized spacial score (nSPS) is 12.5. The summed E-state index contributed by atoms with van der Waals surface area (Å²) in [4.78, 5) is 12.6. The van der Waals surface area contributed by atoms with Crippen molar-refractivity contribution in [1.82, 2.24) is 10.0 Å². The van der Waals surface area contributed by atoms with E-state index in [0.717, 1.165) is 5.56 Å². The molecule has 0 saturated carbocycles. The first-order valence-corrected chi connectivity index (χ1v) is 10.3. The average molecular weight is 407 g/mol. The van der Waals surface area contributed by atoms with Crippen LogP contribution in [-0.4, -0.2) is 34.6 Å². The van der Waals surface area contributed by atoms with Gasteiger partial charge in [0.25, 0.3) is 5.91 Å². The molecule has 0 bridgehead atoms. The summed E-state index contributed by atoms with van der Waals surface area (Å²) in [5.41, 5.74) is 1.04. The molecule has 0 spiro atoms. The molecule has 0 aliphatic heterocycles. The van der Waals surface area contributed by atoms with Gasteiger partial charge in [0.1, 0.15) is 16.4 Å². The molecule has 0 fully saturated rings. The van der Waals surface area contributed by atoms with E-state index in [-0.39, 0.29) is 28.3 Å². The number of ether oxygens (including phenoxy) is 2. The van der Waals surface area contributed by atoms with Gasteiger partial charge in [-0.25, -0.2) is 13.1 Å². The lowest BCUT2D eigenvalue weighted by Crippen LogP contribution is -2.31. The number of hydrogen-bond donors (Lipinski definition) is 2. The molecule has 2 N–H and O–H groups in total. The van der Waals surface area contributed by atoms with Gasteiger partial charge in [0.2, 0.25) is 10.0 Å². The number of methoxy groups -OCH3 is 2. The summed E-state index contributed by atoms with van der Waals surface area (Å²) in [6.07, 6.45) is 0. The quantitative estimate of drug-likeness (QED) is 0.703. The summed E-state index contributed by atoms with van der Waals surface area (Å²) < 4.78 is 38.2. The fourth-order valence-corrected chi connectivity index (χ4v) is 4.23. The van der Waals surface area contributed by atoms with Crippen molar-refractivity contribution in [2.45, 2.75) is 37.8 Å². The number of carbonyl (C=O) groups excluding carboxylic acids is 1. The van der Waals surface area contributed by atoms with E-state index in [1.54, 1.807) is 21.0 Å². The third kappa shape index (κ3) is 5.02. The number of nitrogens with one attached hydrogen (secondary N) is 2. The molecule has 2 rings (SSSR count). The van der Waals surface area contributed by atoms with Crippen molar-refractivity contribution >= 4 is 15.9 Å². The number of carbonyl (C=O) groups is 1. The number of rotatable bonds is 8. The maximum atomic E-state index is 12.7. The Morgan fingerprint density at radius 3 is 2.21 bits per heavy atom. The highest BCUT2D eigenvalue weighted by Crippen LogP contribution is 2.27. The third-order valence-electron chi connectivity index (χ3n) is 4.06. The monoisotopic (exact) mass is 406 g/mol. The molecule has 0 aliphatic rings. The summed E-state index contributed by atoms with van der Waals surface area (Å²) in [5, 5.41) is 2.87. The molecular formula is C20H26N2O5S. The molecule has 8 heteroatoms. The average Bonchev–Trinajstić information content (AvgIpc) is 2.66. The fourth-order valence-electron chi connectivity index (χ4n) is 2.78. The van der Waals surface area contributed by atoms with Crippen LogP contribution in [0, 0.1) is 0 Å². The minimum absolute atomic E-state index is 0.0821. The number of para-hydroxylation sites is 1. The van der Waals surface area contributed by atoms with Crippen molar-refractivity contribution in [3.63, 3.8) is 0 Å². The number of amides is 1. The Morgan fingerprint density at radius 1 is 0.964 bits per heavy atom. The molecule has 28 heavy (non-hydrogen) atoms. The Kier molecular flexibility index (Phi) is 7.04. The van der Waals surface area contributed by atoms with Crippen molar-refractivity contribution in [3.8, 4) is 11.5 Å². The summed E-state index contributed by atoms with van der Waals surface area (Å²) in [5.74, 6) is 0.430. The second-order valence-corrected chi connectivity index (χ2v) is 8.26. The van der Waals surface area contributed by atoms with Crippen LogP contribution in [0.5, 0.6) is 11.5 Å². The zero-order valence-corrected chi connectivity index (χ0v) is 17.5. The lowest BCUT2D eigenvalue weighted by molar-refractivity contribution is 0.0939. The van der Waals surface area contributed by atoms with Gasteiger partial charge < -0.3 is 14.8 Å². The third-order valence-corrected chi connectivity index (χ3v) is 5.74. The van der Waals surface area contributed by atoms with Gasteiger partial charge >= 0.3 is 0 Å². The smallest absolute Gasteiger partial charge is 0.251 e. The summed E-state index contributed by atoms with van der Waals surface area (Å²) >= 11 is 0. The Hall–Kier alpha value is -2.58. The maximum Gasteiger partial charge on any atom is 0.251 e. The summed E-state index contributed by atoms with van der Waals surface area (Å²) in [6.45, 7) is 5.27. The number of benzene rings is 2. The van der Waals surface area contributed by atoms with Crippen LogP contribution in [0.1, 0.15) is 42.7 Å². The summed E-state index contributed by atoms with van der Waals surface area (Å²) in [6, 6.07) is 11.1. The molecule has 0 radical (unpaired) electrons. The molecule has 2 aromatic rings. The molecule has 0 unspecified atom stereocenters. The Bertz CT molecular complexity index is 941. The zero-order valence-electron chi connectivity index (χ0n) is 16.6. The number of hydrogen-bond acceptors (Lipinski definition) is 5. The van der Waals surface area contributed by atoms with Crippen LogP contribution in [0.4, 0.5) is 0 Å². The van der Waals surface area contributed by atoms with E-state index < -0.39 is 15.9 Å². The zero-order chi connectivity index (χ0) is 20.9. The van der Waals surface area contributed by atoms with Gasteiger partial charge in [0, 0.05) is 17.2 Å². The largest absolute Gasteiger partial charge is 0.496 e. The highest BCUT2D eigenvalue weighted by molar-refractivity contribution is 7.89. The Balaban J connectivity index is 2.32. The molecule has 152 valence electrons. The maximum absolute atomic E-state index is 12.7. The highest BCUT2D eigenvalue weighted by atomic mass is 32.2. The van der Waals surface area contributed by atoms with Gasteiger partial charge in [-0.05, 0) is 45.0 Å². The van der Waals surface area contributed by atoms with Crippen LogP contribution in [0.25, 0.3) is 0 Å². The number of sulfonamides is 1. The van der Waals surface area contributed by atoms with Gasteiger partial charge in [-0.1, -0.05) is 18.2 Å². The van der Waals surface area contributed by atoms with Crippen LogP contribution in [-0.2, 0) is 10.0 Å². The molecule has 0 aliphatic carbocycles. The highest BCUT2D eigenvalue weighted by Gasteiger charge is 2.23.